The van der Waals surface area contributed by atoms with Gasteiger partial charge in [-0.25, -0.2) is 5.43 Å². The molecular weight excluding hydrogens is 260 g/mol. The fourth-order valence-corrected chi connectivity index (χ4v) is 2.49. The summed E-state index contributed by atoms with van der Waals surface area (Å²) in [5.74, 6) is -0.137. The van der Waals surface area contributed by atoms with Crippen LogP contribution in [-0.2, 0) is 0 Å². The minimum atomic E-state index is -0.137. The molecule has 0 unspecified atom stereocenters. The van der Waals surface area contributed by atoms with Gasteiger partial charge in [-0.15, -0.1) is 0 Å². The Hall–Kier alpha value is -1.90. The predicted molar refractivity (Wildman–Crippen MR) is 87.5 cm³/mol. The fraction of sp³-hybridized carbons (Fsp3) is 0.444. The summed E-state index contributed by atoms with van der Waals surface area (Å²) in [6.07, 6.45) is 8.99. The Bertz CT molecular complexity index is 541. The standard InChI is InChI=1S/C18H24N2O/c1-3-4-5-7-15-8-6-9-17(15)19-20-18(21)16-12-10-14(2)11-13-16/h8,10-13H,3-7,9H2,1-2H3,(H,20,21)/b19-17-. The van der Waals surface area contributed by atoms with E-state index in [1.165, 1.54) is 24.8 Å². The van der Waals surface area contributed by atoms with Gasteiger partial charge in [0, 0.05) is 5.56 Å². The number of aryl methyl sites for hydroxylation is 1. The van der Waals surface area contributed by atoms with Crippen LogP contribution in [-0.4, -0.2) is 11.6 Å². The van der Waals surface area contributed by atoms with Crippen LogP contribution in [0.1, 0.15) is 61.4 Å². The molecule has 1 N–H and O–H groups in total. The summed E-state index contributed by atoms with van der Waals surface area (Å²) in [7, 11) is 0. The van der Waals surface area contributed by atoms with Gasteiger partial charge in [0.15, 0.2) is 0 Å². The van der Waals surface area contributed by atoms with Crippen LogP contribution in [0.15, 0.2) is 41.0 Å². The maximum Gasteiger partial charge on any atom is 0.271 e. The van der Waals surface area contributed by atoms with Gasteiger partial charge < -0.3 is 0 Å². The van der Waals surface area contributed by atoms with E-state index in [-0.39, 0.29) is 5.91 Å². The second-order valence-corrected chi connectivity index (χ2v) is 5.59. The molecule has 2 rings (SSSR count). The number of hydrogen-bond acceptors (Lipinski definition) is 2. The maximum absolute atomic E-state index is 12.0. The van der Waals surface area contributed by atoms with Crippen LogP contribution >= 0.6 is 0 Å². The zero-order valence-electron chi connectivity index (χ0n) is 13.0. The highest BCUT2D eigenvalue weighted by Crippen LogP contribution is 2.21. The number of nitrogens with zero attached hydrogens (tertiary/aromatic N) is 1. The summed E-state index contributed by atoms with van der Waals surface area (Å²) in [5.41, 5.74) is 6.85. The summed E-state index contributed by atoms with van der Waals surface area (Å²) in [6, 6.07) is 7.54. The monoisotopic (exact) mass is 284 g/mol. The van der Waals surface area contributed by atoms with Crippen molar-refractivity contribution >= 4 is 11.6 Å². The number of rotatable bonds is 6. The lowest BCUT2D eigenvalue weighted by Gasteiger charge is -2.06. The zero-order chi connectivity index (χ0) is 15.1. The van der Waals surface area contributed by atoms with Crippen molar-refractivity contribution in [2.75, 3.05) is 0 Å². The first-order valence-electron chi connectivity index (χ1n) is 7.83. The van der Waals surface area contributed by atoms with Crippen molar-refractivity contribution in [2.24, 2.45) is 5.10 Å². The Kier molecular flexibility index (Phi) is 5.73. The van der Waals surface area contributed by atoms with E-state index in [0.29, 0.717) is 5.56 Å². The van der Waals surface area contributed by atoms with E-state index in [0.717, 1.165) is 30.5 Å². The van der Waals surface area contributed by atoms with Gasteiger partial charge >= 0.3 is 0 Å². The molecule has 112 valence electrons. The van der Waals surface area contributed by atoms with E-state index < -0.39 is 0 Å². The highest BCUT2D eigenvalue weighted by Gasteiger charge is 2.13. The predicted octanol–water partition coefficient (Wildman–Crippen LogP) is 4.38. The second-order valence-electron chi connectivity index (χ2n) is 5.59. The lowest BCUT2D eigenvalue weighted by Crippen LogP contribution is -2.19. The third kappa shape index (κ3) is 4.55. The first-order chi connectivity index (χ1) is 10.2. The second kappa shape index (κ2) is 7.77. The van der Waals surface area contributed by atoms with Gasteiger partial charge in [0.1, 0.15) is 0 Å². The molecule has 0 spiro atoms. The van der Waals surface area contributed by atoms with E-state index in [2.05, 4.69) is 23.5 Å². The van der Waals surface area contributed by atoms with Crippen LogP contribution in [0.2, 0.25) is 0 Å². The van der Waals surface area contributed by atoms with E-state index >= 15 is 0 Å². The van der Waals surface area contributed by atoms with Gasteiger partial charge in [0.05, 0.1) is 5.71 Å². The summed E-state index contributed by atoms with van der Waals surface area (Å²) in [4.78, 5) is 12.0. The molecule has 0 saturated heterocycles. The topological polar surface area (TPSA) is 41.5 Å². The fourth-order valence-electron chi connectivity index (χ4n) is 2.49. The Balaban J connectivity index is 1.92. The van der Waals surface area contributed by atoms with Gasteiger partial charge in [0.25, 0.3) is 5.91 Å². The molecule has 3 heteroatoms. The van der Waals surface area contributed by atoms with E-state index in [1.807, 2.05) is 31.2 Å². The lowest BCUT2D eigenvalue weighted by atomic mass is 10.1. The molecule has 1 aromatic carbocycles. The Morgan fingerprint density at radius 1 is 1.24 bits per heavy atom. The number of amides is 1. The van der Waals surface area contributed by atoms with E-state index in [4.69, 9.17) is 0 Å². The van der Waals surface area contributed by atoms with Crippen molar-refractivity contribution in [1.82, 2.24) is 5.43 Å². The van der Waals surface area contributed by atoms with E-state index in [9.17, 15) is 4.79 Å². The molecule has 1 aliphatic carbocycles. The number of allylic oxidation sites excluding steroid dienone is 2. The molecule has 0 heterocycles. The molecule has 1 amide bonds. The first kappa shape index (κ1) is 15.5. The Morgan fingerprint density at radius 2 is 2.00 bits per heavy atom. The molecule has 3 nitrogen and oxygen atoms in total. The molecule has 0 atom stereocenters. The van der Waals surface area contributed by atoms with Crippen molar-refractivity contribution in [3.63, 3.8) is 0 Å². The number of unbranched alkanes of at least 4 members (excludes halogenated alkanes) is 2. The van der Waals surface area contributed by atoms with Crippen molar-refractivity contribution < 1.29 is 4.79 Å². The van der Waals surface area contributed by atoms with E-state index in [1.54, 1.807) is 0 Å². The number of benzene rings is 1. The molecule has 0 aromatic heterocycles. The normalized spacial score (nSPS) is 16.1. The average Bonchev–Trinajstić information content (AvgIpc) is 2.93. The van der Waals surface area contributed by atoms with Crippen LogP contribution in [0.4, 0.5) is 0 Å². The van der Waals surface area contributed by atoms with Crippen LogP contribution in [0, 0.1) is 6.92 Å². The van der Waals surface area contributed by atoms with Crippen molar-refractivity contribution in [3.8, 4) is 0 Å². The van der Waals surface area contributed by atoms with Gasteiger partial charge in [-0.3, -0.25) is 4.79 Å². The molecule has 21 heavy (non-hydrogen) atoms. The van der Waals surface area contributed by atoms with Crippen molar-refractivity contribution in [3.05, 3.63) is 47.0 Å². The third-order valence-corrected chi connectivity index (χ3v) is 3.80. The lowest BCUT2D eigenvalue weighted by molar-refractivity contribution is 0.0955. The molecular formula is C18H24N2O. The molecule has 0 fully saturated rings. The Morgan fingerprint density at radius 3 is 2.71 bits per heavy atom. The van der Waals surface area contributed by atoms with Crippen molar-refractivity contribution in [1.29, 1.82) is 0 Å². The molecule has 0 aliphatic heterocycles. The molecule has 0 bridgehead atoms. The largest absolute Gasteiger partial charge is 0.271 e. The van der Waals surface area contributed by atoms with Crippen LogP contribution in [0.25, 0.3) is 0 Å². The minimum absolute atomic E-state index is 0.137. The van der Waals surface area contributed by atoms with Crippen LogP contribution in [0.3, 0.4) is 0 Å². The number of carbonyl (C=O) groups excluding carboxylic acids is 1. The smallest absolute Gasteiger partial charge is 0.267 e. The number of hydrogen-bond donors (Lipinski definition) is 1. The molecule has 1 aromatic rings. The Labute approximate surface area is 127 Å². The van der Waals surface area contributed by atoms with Gasteiger partial charge in [-0.2, -0.15) is 5.10 Å². The highest BCUT2D eigenvalue weighted by atomic mass is 16.2. The van der Waals surface area contributed by atoms with Gasteiger partial charge in [-0.05, 0) is 50.3 Å². The summed E-state index contributed by atoms with van der Waals surface area (Å²) < 4.78 is 0. The number of carbonyl (C=O) groups is 1. The SMILES string of the molecule is CCCCCC1=CCC/C1=N/NC(=O)c1ccc(C)cc1. The summed E-state index contributed by atoms with van der Waals surface area (Å²) in [6.45, 7) is 4.22. The van der Waals surface area contributed by atoms with Gasteiger partial charge in [-0.1, -0.05) is 43.5 Å². The van der Waals surface area contributed by atoms with Gasteiger partial charge in [0.2, 0.25) is 0 Å². The maximum atomic E-state index is 12.0. The molecule has 0 saturated carbocycles. The highest BCUT2D eigenvalue weighted by molar-refractivity contribution is 6.03. The molecule has 0 radical (unpaired) electrons. The number of nitrogens with one attached hydrogen (secondary N) is 1. The first-order valence-corrected chi connectivity index (χ1v) is 7.83. The minimum Gasteiger partial charge on any atom is -0.267 e. The van der Waals surface area contributed by atoms with Crippen LogP contribution < -0.4 is 5.43 Å². The summed E-state index contributed by atoms with van der Waals surface area (Å²) >= 11 is 0. The molecule has 1 aliphatic rings. The third-order valence-electron chi connectivity index (χ3n) is 3.80. The van der Waals surface area contributed by atoms with Crippen LogP contribution in [0.5, 0.6) is 0 Å². The quantitative estimate of drug-likeness (QED) is 0.611. The van der Waals surface area contributed by atoms with Crippen molar-refractivity contribution in [2.45, 2.75) is 52.4 Å². The number of hydrazone groups is 1. The zero-order valence-corrected chi connectivity index (χ0v) is 13.0. The summed E-state index contributed by atoms with van der Waals surface area (Å²) in [5, 5.41) is 4.33. The average molecular weight is 284 g/mol.